The Hall–Kier alpha value is -3.07. The molecular weight excluding hydrogens is 471 g/mol. The van der Waals surface area contributed by atoms with Gasteiger partial charge >= 0.3 is 6.18 Å². The number of amides is 2. The molecule has 2 aliphatic heterocycles. The van der Waals surface area contributed by atoms with Crippen LogP contribution in [0.3, 0.4) is 0 Å². The molecule has 2 aromatic rings. The summed E-state index contributed by atoms with van der Waals surface area (Å²) in [7, 11) is 0. The van der Waals surface area contributed by atoms with Crippen molar-refractivity contribution in [1.82, 2.24) is 15.5 Å². The first kappa shape index (κ1) is 24.6. The van der Waals surface area contributed by atoms with Crippen LogP contribution in [0.25, 0.3) is 0 Å². The van der Waals surface area contributed by atoms with E-state index in [1.165, 1.54) is 23.3 Å². The summed E-state index contributed by atoms with van der Waals surface area (Å²) in [4.78, 5) is 26.8. The maximum Gasteiger partial charge on any atom is 0.416 e. The van der Waals surface area contributed by atoms with Gasteiger partial charge in [0.25, 0.3) is 5.91 Å². The van der Waals surface area contributed by atoms with Crippen LogP contribution in [0.2, 0.25) is 0 Å². The number of hydrogen-bond donors (Lipinski definition) is 2. The van der Waals surface area contributed by atoms with Crippen LogP contribution in [0, 0.1) is 0 Å². The highest BCUT2D eigenvalue weighted by atomic mass is 19.4. The van der Waals surface area contributed by atoms with E-state index < -0.39 is 17.6 Å². The average molecular weight is 502 g/mol. The van der Waals surface area contributed by atoms with Gasteiger partial charge in [-0.2, -0.15) is 13.2 Å². The summed E-state index contributed by atoms with van der Waals surface area (Å²) in [6.07, 6.45) is 0.987. The summed E-state index contributed by atoms with van der Waals surface area (Å²) in [5, 5.41) is 5.30. The Morgan fingerprint density at radius 1 is 1.03 bits per heavy atom. The minimum absolute atomic E-state index is 0.0227. The number of likely N-dealkylation sites (tertiary alicyclic amines) is 1. The van der Waals surface area contributed by atoms with E-state index in [1.54, 1.807) is 0 Å². The standard InChI is InChI=1S/C27H30F3N3O3/c28-27(29,30)21-3-1-2-20(12-21)26(35)31-14-25(34)32-22-15-33(16-22)23-8-6-17(7-9-23)19-5-4-18-10-11-36-24(18)13-19/h1-5,12-13,17,22-23H,6-11,14-16H2,(H,31,35)(H,32,34). The lowest BCUT2D eigenvalue weighted by atomic mass is 9.80. The Labute approximate surface area is 208 Å². The van der Waals surface area contributed by atoms with Crippen molar-refractivity contribution in [3.05, 3.63) is 64.7 Å². The number of nitrogens with zero attached hydrogens (tertiary/aromatic N) is 1. The molecule has 0 radical (unpaired) electrons. The lowest BCUT2D eigenvalue weighted by Crippen LogP contribution is -2.63. The molecule has 36 heavy (non-hydrogen) atoms. The first-order valence-electron chi connectivity index (χ1n) is 12.5. The van der Waals surface area contributed by atoms with Crippen molar-refractivity contribution in [2.45, 2.75) is 56.3 Å². The molecule has 0 bridgehead atoms. The van der Waals surface area contributed by atoms with Crippen LogP contribution >= 0.6 is 0 Å². The summed E-state index contributed by atoms with van der Waals surface area (Å²) in [6, 6.07) is 11.4. The second kappa shape index (κ2) is 10.1. The van der Waals surface area contributed by atoms with Gasteiger partial charge in [0.2, 0.25) is 5.91 Å². The summed E-state index contributed by atoms with van der Waals surface area (Å²) >= 11 is 0. The Morgan fingerprint density at radius 3 is 2.56 bits per heavy atom. The molecule has 192 valence electrons. The number of carbonyl (C=O) groups excluding carboxylic acids is 2. The Morgan fingerprint density at radius 2 is 1.81 bits per heavy atom. The molecule has 2 fully saturated rings. The third kappa shape index (κ3) is 5.51. The molecule has 1 aliphatic carbocycles. The smallest absolute Gasteiger partial charge is 0.416 e. The summed E-state index contributed by atoms with van der Waals surface area (Å²) in [5.41, 5.74) is 1.64. The molecule has 1 saturated carbocycles. The molecule has 2 heterocycles. The van der Waals surface area contributed by atoms with Crippen LogP contribution in [0.5, 0.6) is 5.75 Å². The third-order valence-corrected chi connectivity index (χ3v) is 7.54. The minimum atomic E-state index is -4.53. The van der Waals surface area contributed by atoms with Gasteiger partial charge in [0.1, 0.15) is 5.75 Å². The van der Waals surface area contributed by atoms with Gasteiger partial charge < -0.3 is 15.4 Å². The lowest BCUT2D eigenvalue weighted by molar-refractivity contribution is -0.137. The number of rotatable bonds is 6. The van der Waals surface area contributed by atoms with E-state index in [2.05, 4.69) is 33.7 Å². The second-order valence-electron chi connectivity index (χ2n) is 9.95. The van der Waals surface area contributed by atoms with Crippen molar-refractivity contribution >= 4 is 11.8 Å². The van der Waals surface area contributed by atoms with Gasteiger partial charge in [0, 0.05) is 31.1 Å². The SMILES string of the molecule is O=C(CNC(=O)c1cccc(C(F)(F)F)c1)NC1CN(C2CCC(c3ccc4c(c3)OCC4)CC2)C1. The largest absolute Gasteiger partial charge is 0.493 e. The molecule has 0 unspecified atom stereocenters. The number of hydrogen-bond acceptors (Lipinski definition) is 4. The molecule has 0 spiro atoms. The zero-order valence-corrected chi connectivity index (χ0v) is 19.9. The molecule has 6 nitrogen and oxygen atoms in total. The van der Waals surface area contributed by atoms with Gasteiger partial charge in [-0.05, 0) is 67.0 Å². The minimum Gasteiger partial charge on any atom is -0.493 e. The van der Waals surface area contributed by atoms with Crippen molar-refractivity contribution in [2.24, 2.45) is 0 Å². The highest BCUT2D eigenvalue weighted by molar-refractivity contribution is 5.96. The molecule has 1 saturated heterocycles. The highest BCUT2D eigenvalue weighted by Gasteiger charge is 2.36. The number of ether oxygens (including phenoxy) is 1. The molecule has 0 aromatic heterocycles. The Balaban J connectivity index is 1.02. The second-order valence-corrected chi connectivity index (χ2v) is 9.95. The quantitative estimate of drug-likeness (QED) is 0.630. The monoisotopic (exact) mass is 501 g/mol. The van der Waals surface area contributed by atoms with Gasteiger partial charge in [-0.25, -0.2) is 0 Å². The van der Waals surface area contributed by atoms with Gasteiger partial charge in [-0.3, -0.25) is 14.5 Å². The fourth-order valence-corrected chi connectivity index (χ4v) is 5.49. The van der Waals surface area contributed by atoms with Crippen molar-refractivity contribution in [3.8, 4) is 5.75 Å². The van der Waals surface area contributed by atoms with Gasteiger partial charge in [0.15, 0.2) is 0 Å². The molecular formula is C27H30F3N3O3. The van der Waals surface area contributed by atoms with Crippen molar-refractivity contribution < 1.29 is 27.5 Å². The fourth-order valence-electron chi connectivity index (χ4n) is 5.49. The maximum atomic E-state index is 12.8. The normalized spacial score (nSPS) is 22.3. The van der Waals surface area contributed by atoms with Crippen LogP contribution in [-0.2, 0) is 17.4 Å². The number of nitrogens with one attached hydrogen (secondary N) is 2. The van der Waals surface area contributed by atoms with Crippen molar-refractivity contribution in [3.63, 3.8) is 0 Å². The zero-order chi connectivity index (χ0) is 25.3. The number of benzene rings is 2. The van der Waals surface area contributed by atoms with Crippen molar-refractivity contribution in [2.75, 3.05) is 26.2 Å². The van der Waals surface area contributed by atoms with E-state index in [4.69, 9.17) is 4.74 Å². The Kier molecular flexibility index (Phi) is 6.92. The molecule has 9 heteroatoms. The molecule has 2 amide bonds. The van der Waals surface area contributed by atoms with E-state index >= 15 is 0 Å². The summed E-state index contributed by atoms with van der Waals surface area (Å²) in [5.74, 6) is 0.552. The molecule has 3 aliphatic rings. The summed E-state index contributed by atoms with van der Waals surface area (Å²) < 4.78 is 44.2. The van der Waals surface area contributed by atoms with E-state index in [0.717, 1.165) is 69.7 Å². The van der Waals surface area contributed by atoms with Crippen LogP contribution in [0.4, 0.5) is 13.2 Å². The maximum absolute atomic E-state index is 12.8. The molecule has 5 rings (SSSR count). The molecule has 2 aromatic carbocycles. The van der Waals surface area contributed by atoms with Crippen LogP contribution in [0.1, 0.15) is 58.6 Å². The van der Waals surface area contributed by atoms with Gasteiger partial charge in [0.05, 0.1) is 24.8 Å². The van der Waals surface area contributed by atoms with Gasteiger partial charge in [-0.1, -0.05) is 18.2 Å². The molecule has 0 atom stereocenters. The summed E-state index contributed by atoms with van der Waals surface area (Å²) in [6.45, 7) is 2.05. The van der Waals surface area contributed by atoms with Crippen LogP contribution in [0.15, 0.2) is 42.5 Å². The predicted molar refractivity (Wildman–Crippen MR) is 128 cm³/mol. The van der Waals surface area contributed by atoms with Crippen molar-refractivity contribution in [1.29, 1.82) is 0 Å². The topological polar surface area (TPSA) is 70.7 Å². The van der Waals surface area contributed by atoms with E-state index in [-0.39, 0.29) is 24.1 Å². The van der Waals surface area contributed by atoms with E-state index in [1.807, 2.05) is 0 Å². The third-order valence-electron chi connectivity index (χ3n) is 7.54. The molecule has 2 N–H and O–H groups in total. The first-order valence-corrected chi connectivity index (χ1v) is 12.5. The number of alkyl halides is 3. The average Bonchev–Trinajstić information content (AvgIpc) is 3.32. The first-order chi connectivity index (χ1) is 17.3. The highest BCUT2D eigenvalue weighted by Crippen LogP contribution is 2.38. The number of carbonyl (C=O) groups is 2. The lowest BCUT2D eigenvalue weighted by Gasteiger charge is -2.46. The zero-order valence-electron chi connectivity index (χ0n) is 19.9. The van der Waals surface area contributed by atoms with Gasteiger partial charge in [-0.15, -0.1) is 0 Å². The van der Waals surface area contributed by atoms with E-state index in [9.17, 15) is 22.8 Å². The Bertz CT molecular complexity index is 1120. The number of halogens is 3. The number of fused-ring (bicyclic) bond motifs is 1. The van der Waals surface area contributed by atoms with Crippen LogP contribution < -0.4 is 15.4 Å². The van der Waals surface area contributed by atoms with E-state index in [0.29, 0.717) is 12.0 Å². The predicted octanol–water partition coefficient (Wildman–Crippen LogP) is 3.90. The van der Waals surface area contributed by atoms with Crippen LogP contribution in [-0.4, -0.2) is 55.0 Å². The fraction of sp³-hybridized carbons (Fsp3) is 0.481.